The molecule has 3 aromatic rings. The van der Waals surface area contributed by atoms with Crippen LogP contribution in [0.3, 0.4) is 0 Å². The average molecular weight is 520 g/mol. The smallest absolute Gasteiger partial charge is 0.417 e. The van der Waals surface area contributed by atoms with E-state index < -0.39 is 28.8 Å². The zero-order chi connectivity index (χ0) is 26.1. The van der Waals surface area contributed by atoms with Crippen LogP contribution in [-0.4, -0.2) is 40.6 Å². The molecule has 2 aromatic carbocycles. The number of para-hydroxylation sites is 1. The van der Waals surface area contributed by atoms with Gasteiger partial charge in [0.25, 0.3) is 5.91 Å². The number of aromatic nitrogens is 1. The van der Waals surface area contributed by atoms with Gasteiger partial charge >= 0.3 is 12.3 Å². The number of benzene rings is 2. The Morgan fingerprint density at radius 2 is 1.81 bits per heavy atom. The predicted octanol–water partition coefficient (Wildman–Crippen LogP) is 6.76. The number of amides is 2. The number of nitrogens with zero attached hydrogens (tertiary/aromatic N) is 2. The number of anilines is 1. The van der Waals surface area contributed by atoms with Crippen LogP contribution in [0.2, 0.25) is 0 Å². The summed E-state index contributed by atoms with van der Waals surface area (Å²) in [4.78, 5) is 30.9. The Morgan fingerprint density at radius 1 is 1.11 bits per heavy atom. The van der Waals surface area contributed by atoms with Gasteiger partial charge < -0.3 is 9.64 Å². The highest BCUT2D eigenvalue weighted by Gasteiger charge is 2.36. The summed E-state index contributed by atoms with van der Waals surface area (Å²) in [5.41, 5.74) is -0.810. The van der Waals surface area contributed by atoms with Gasteiger partial charge in [0.05, 0.1) is 21.3 Å². The van der Waals surface area contributed by atoms with Crippen LogP contribution >= 0.6 is 11.3 Å². The number of fused-ring (bicyclic) bond motifs is 1. The minimum Gasteiger partial charge on any atom is -0.444 e. The summed E-state index contributed by atoms with van der Waals surface area (Å²) in [5, 5.41) is 2.76. The van der Waals surface area contributed by atoms with Crippen molar-refractivity contribution in [3.63, 3.8) is 0 Å². The average Bonchev–Trinajstić information content (AvgIpc) is 3.20. The number of likely N-dealkylation sites (tertiary alicyclic amines) is 1. The Labute approximate surface area is 211 Å². The Morgan fingerprint density at radius 3 is 2.44 bits per heavy atom. The summed E-state index contributed by atoms with van der Waals surface area (Å²) in [6.45, 7) is 6.40. The van der Waals surface area contributed by atoms with Gasteiger partial charge in [0.15, 0.2) is 5.13 Å². The fourth-order valence-electron chi connectivity index (χ4n) is 4.22. The van der Waals surface area contributed by atoms with Crippen LogP contribution in [0.1, 0.15) is 55.1 Å². The fourth-order valence-corrected chi connectivity index (χ4v) is 5.08. The molecule has 1 N–H and O–H groups in total. The number of halogens is 3. The molecule has 10 heteroatoms. The lowest BCUT2D eigenvalue weighted by molar-refractivity contribution is -0.138. The second-order valence-corrected chi connectivity index (χ2v) is 11.0. The van der Waals surface area contributed by atoms with Crippen molar-refractivity contribution in [1.29, 1.82) is 0 Å². The number of ether oxygens (including phenoxy) is 1. The third-order valence-electron chi connectivity index (χ3n) is 5.94. The maximum Gasteiger partial charge on any atom is 0.417 e. The number of alkyl halides is 3. The number of rotatable bonds is 4. The van der Waals surface area contributed by atoms with Crippen LogP contribution in [0.4, 0.5) is 23.1 Å². The molecular formula is C26H28F3N3O3S. The van der Waals surface area contributed by atoms with Crippen LogP contribution < -0.4 is 5.32 Å². The van der Waals surface area contributed by atoms with Crippen molar-refractivity contribution in [3.8, 4) is 0 Å². The van der Waals surface area contributed by atoms with Gasteiger partial charge in [0.2, 0.25) is 0 Å². The van der Waals surface area contributed by atoms with Gasteiger partial charge in [-0.1, -0.05) is 29.5 Å². The summed E-state index contributed by atoms with van der Waals surface area (Å²) < 4.78 is 47.9. The molecule has 1 aliphatic rings. The second-order valence-electron chi connectivity index (χ2n) is 9.93. The summed E-state index contributed by atoms with van der Waals surface area (Å²) in [6, 6.07) is 11.1. The van der Waals surface area contributed by atoms with Crippen molar-refractivity contribution >= 4 is 38.7 Å². The molecule has 0 saturated carbocycles. The Balaban J connectivity index is 1.44. The molecule has 0 aliphatic carbocycles. The minimum absolute atomic E-state index is 0.132. The molecule has 1 fully saturated rings. The molecule has 6 nitrogen and oxygen atoms in total. The lowest BCUT2D eigenvalue weighted by Gasteiger charge is -2.33. The number of carbonyl (C=O) groups is 2. The first-order valence-corrected chi connectivity index (χ1v) is 12.6. The van der Waals surface area contributed by atoms with E-state index in [9.17, 15) is 22.8 Å². The van der Waals surface area contributed by atoms with Gasteiger partial charge in [-0.3, -0.25) is 10.1 Å². The molecule has 2 heterocycles. The largest absolute Gasteiger partial charge is 0.444 e. The number of hydrogen-bond donors (Lipinski definition) is 1. The highest BCUT2D eigenvalue weighted by atomic mass is 32.1. The van der Waals surface area contributed by atoms with E-state index in [4.69, 9.17) is 4.74 Å². The standard InChI is InChI=1S/C26H28F3N3O3S/c1-25(2,3)35-24(34)32-12-10-16(11-13-32)14-17-8-9-18(19(15-17)26(27,28)29)22(33)31-23-30-20-6-4-5-7-21(20)36-23/h4-9,15-16H,10-14H2,1-3H3,(H,30,31,33). The van der Waals surface area contributed by atoms with Crippen molar-refractivity contribution in [2.24, 2.45) is 5.92 Å². The molecule has 1 aliphatic heterocycles. The van der Waals surface area contributed by atoms with Gasteiger partial charge in [0, 0.05) is 13.1 Å². The Bertz CT molecular complexity index is 1230. The molecular weight excluding hydrogens is 491 g/mol. The maximum atomic E-state index is 13.9. The first kappa shape index (κ1) is 25.9. The van der Waals surface area contributed by atoms with Gasteiger partial charge in [-0.15, -0.1) is 0 Å². The normalized spacial score (nSPS) is 15.2. The third-order valence-corrected chi connectivity index (χ3v) is 6.89. The van der Waals surface area contributed by atoms with Gasteiger partial charge in [0.1, 0.15) is 5.60 Å². The molecule has 36 heavy (non-hydrogen) atoms. The quantitative estimate of drug-likeness (QED) is 0.414. The lowest BCUT2D eigenvalue weighted by Crippen LogP contribution is -2.42. The third kappa shape index (κ3) is 6.34. The minimum atomic E-state index is -4.68. The van der Waals surface area contributed by atoms with Crippen LogP contribution in [-0.2, 0) is 17.3 Å². The van der Waals surface area contributed by atoms with E-state index >= 15 is 0 Å². The van der Waals surface area contributed by atoms with Crippen LogP contribution in [0.25, 0.3) is 10.2 Å². The van der Waals surface area contributed by atoms with E-state index in [-0.39, 0.29) is 17.1 Å². The van der Waals surface area contributed by atoms with Crippen molar-refractivity contribution in [2.45, 2.75) is 51.8 Å². The second kappa shape index (κ2) is 10.1. The Kier molecular flexibility index (Phi) is 7.26. The monoisotopic (exact) mass is 519 g/mol. The van der Waals surface area contributed by atoms with E-state index in [1.807, 2.05) is 12.1 Å². The van der Waals surface area contributed by atoms with E-state index in [1.54, 1.807) is 43.9 Å². The highest BCUT2D eigenvalue weighted by molar-refractivity contribution is 7.22. The van der Waals surface area contributed by atoms with E-state index in [2.05, 4.69) is 10.3 Å². The SMILES string of the molecule is CC(C)(C)OC(=O)N1CCC(Cc2ccc(C(=O)Nc3nc4ccccc4s3)c(C(F)(F)F)c2)CC1. The summed E-state index contributed by atoms with van der Waals surface area (Å²) in [7, 11) is 0. The molecule has 0 radical (unpaired) electrons. The maximum absolute atomic E-state index is 13.9. The van der Waals surface area contributed by atoms with Crippen molar-refractivity contribution in [3.05, 3.63) is 59.2 Å². The number of thiazole rings is 1. The molecule has 0 unspecified atom stereocenters. The zero-order valence-corrected chi connectivity index (χ0v) is 21.1. The van der Waals surface area contributed by atoms with Crippen LogP contribution in [0, 0.1) is 5.92 Å². The molecule has 0 bridgehead atoms. The predicted molar refractivity (Wildman–Crippen MR) is 133 cm³/mol. The van der Waals surface area contributed by atoms with Gasteiger partial charge in [-0.2, -0.15) is 13.2 Å². The topological polar surface area (TPSA) is 71.5 Å². The van der Waals surface area contributed by atoms with Crippen LogP contribution in [0.15, 0.2) is 42.5 Å². The van der Waals surface area contributed by atoms with Gasteiger partial charge in [-0.05, 0) is 75.8 Å². The van der Waals surface area contributed by atoms with Crippen molar-refractivity contribution in [1.82, 2.24) is 9.88 Å². The van der Waals surface area contributed by atoms with E-state index in [1.165, 1.54) is 17.4 Å². The number of carbonyl (C=O) groups excluding carboxylic acids is 2. The number of piperidine rings is 1. The van der Waals surface area contributed by atoms with Crippen LogP contribution in [0.5, 0.6) is 0 Å². The first-order chi connectivity index (χ1) is 16.9. The van der Waals surface area contributed by atoms with E-state index in [0.29, 0.717) is 43.4 Å². The molecule has 0 atom stereocenters. The zero-order valence-electron chi connectivity index (χ0n) is 20.3. The number of hydrogen-bond acceptors (Lipinski definition) is 5. The van der Waals surface area contributed by atoms with E-state index in [0.717, 1.165) is 10.8 Å². The van der Waals surface area contributed by atoms with Crippen molar-refractivity contribution < 1.29 is 27.5 Å². The molecule has 4 rings (SSSR count). The van der Waals surface area contributed by atoms with Gasteiger partial charge in [-0.25, -0.2) is 9.78 Å². The molecule has 1 saturated heterocycles. The fraction of sp³-hybridized carbons (Fsp3) is 0.423. The van der Waals surface area contributed by atoms with Crippen molar-refractivity contribution in [2.75, 3.05) is 18.4 Å². The lowest BCUT2D eigenvalue weighted by atomic mass is 9.89. The summed E-state index contributed by atoms with van der Waals surface area (Å²) in [5.74, 6) is -0.717. The molecule has 0 spiro atoms. The molecule has 1 aromatic heterocycles. The highest BCUT2D eigenvalue weighted by Crippen LogP contribution is 2.35. The number of nitrogens with one attached hydrogen (secondary N) is 1. The Hall–Kier alpha value is -3.14. The first-order valence-electron chi connectivity index (χ1n) is 11.7. The summed E-state index contributed by atoms with van der Waals surface area (Å²) in [6.07, 6.45) is -3.29. The molecule has 2 amide bonds. The summed E-state index contributed by atoms with van der Waals surface area (Å²) >= 11 is 1.20. The molecule has 192 valence electrons.